The Morgan fingerprint density at radius 1 is 1.23 bits per heavy atom. The molecule has 1 amide bonds. The van der Waals surface area contributed by atoms with Gasteiger partial charge in [0.05, 0.1) is 18.2 Å². The van der Waals surface area contributed by atoms with Crippen molar-refractivity contribution in [1.82, 2.24) is 15.0 Å². The number of carbonyl (C=O) groups excluding carboxylic acids is 1. The number of rotatable bonds is 5. The fourth-order valence-corrected chi connectivity index (χ4v) is 4.23. The molecule has 6 nitrogen and oxygen atoms in total. The van der Waals surface area contributed by atoms with Gasteiger partial charge in [0.25, 0.3) is 0 Å². The average Bonchev–Trinajstić information content (AvgIpc) is 3.19. The maximum atomic E-state index is 14.0. The number of benzene rings is 2. The molecule has 2 heterocycles. The van der Waals surface area contributed by atoms with Crippen LogP contribution >= 0.6 is 31.9 Å². The molecular formula is C21H19Br2FN4O2. The van der Waals surface area contributed by atoms with Crippen LogP contribution in [0.5, 0.6) is 0 Å². The Bertz CT molecular complexity index is 1060. The summed E-state index contributed by atoms with van der Waals surface area (Å²) >= 11 is 6.66. The van der Waals surface area contributed by atoms with Gasteiger partial charge in [-0.3, -0.25) is 9.69 Å². The van der Waals surface area contributed by atoms with E-state index >= 15 is 0 Å². The van der Waals surface area contributed by atoms with E-state index in [0.717, 1.165) is 29.4 Å². The molecule has 1 saturated heterocycles. The van der Waals surface area contributed by atoms with Crippen molar-refractivity contribution in [2.75, 3.05) is 18.4 Å². The van der Waals surface area contributed by atoms with Gasteiger partial charge in [0, 0.05) is 21.1 Å². The van der Waals surface area contributed by atoms with E-state index in [4.69, 9.17) is 4.52 Å². The van der Waals surface area contributed by atoms with Gasteiger partial charge in [-0.15, -0.1) is 0 Å². The number of amides is 1. The maximum Gasteiger partial charge on any atom is 0.241 e. The summed E-state index contributed by atoms with van der Waals surface area (Å²) in [5.41, 5.74) is 1.06. The highest BCUT2D eigenvalue weighted by Crippen LogP contribution is 2.24. The third-order valence-corrected chi connectivity index (χ3v) is 5.96. The van der Waals surface area contributed by atoms with Crippen molar-refractivity contribution in [3.63, 3.8) is 0 Å². The van der Waals surface area contributed by atoms with Crippen molar-refractivity contribution < 1.29 is 13.7 Å². The lowest BCUT2D eigenvalue weighted by Crippen LogP contribution is -2.40. The van der Waals surface area contributed by atoms with Gasteiger partial charge in [-0.05, 0) is 49.7 Å². The minimum absolute atomic E-state index is 0.179. The lowest BCUT2D eigenvalue weighted by Gasteiger charge is -2.30. The first-order valence-electron chi connectivity index (χ1n) is 9.55. The van der Waals surface area contributed by atoms with Crippen LogP contribution in [0.25, 0.3) is 11.4 Å². The highest BCUT2D eigenvalue weighted by molar-refractivity contribution is 9.10. The highest BCUT2D eigenvalue weighted by atomic mass is 79.9. The second kappa shape index (κ2) is 9.36. The summed E-state index contributed by atoms with van der Waals surface area (Å²) in [4.78, 5) is 19.2. The number of nitrogens with zero attached hydrogens (tertiary/aromatic N) is 3. The molecule has 3 aromatic rings. The zero-order valence-corrected chi connectivity index (χ0v) is 19.1. The normalized spacial score (nSPS) is 17.1. The van der Waals surface area contributed by atoms with Crippen molar-refractivity contribution in [1.29, 1.82) is 0 Å². The monoisotopic (exact) mass is 536 g/mol. The smallest absolute Gasteiger partial charge is 0.241 e. The fourth-order valence-electron chi connectivity index (χ4n) is 3.49. The molecule has 1 atom stereocenters. The van der Waals surface area contributed by atoms with E-state index in [1.807, 2.05) is 24.3 Å². The van der Waals surface area contributed by atoms with Gasteiger partial charge < -0.3 is 9.84 Å². The Balaban J connectivity index is 1.38. The topological polar surface area (TPSA) is 71.3 Å². The molecule has 30 heavy (non-hydrogen) atoms. The number of hydrogen-bond donors (Lipinski definition) is 1. The molecule has 0 bridgehead atoms. The molecule has 4 rings (SSSR count). The van der Waals surface area contributed by atoms with Gasteiger partial charge in [0.2, 0.25) is 17.6 Å². The van der Waals surface area contributed by atoms with Gasteiger partial charge in [-0.25, -0.2) is 4.39 Å². The van der Waals surface area contributed by atoms with Crippen LogP contribution in [-0.2, 0) is 11.3 Å². The molecule has 0 spiro atoms. The van der Waals surface area contributed by atoms with E-state index in [1.165, 1.54) is 6.07 Å². The third-order valence-electron chi connectivity index (χ3n) is 4.98. The second-order valence-corrected chi connectivity index (χ2v) is 9.04. The second-order valence-electron chi connectivity index (χ2n) is 7.21. The van der Waals surface area contributed by atoms with Crippen molar-refractivity contribution in [2.24, 2.45) is 5.92 Å². The first kappa shape index (κ1) is 21.1. The summed E-state index contributed by atoms with van der Waals surface area (Å²) in [5, 5.41) is 6.77. The van der Waals surface area contributed by atoms with Gasteiger partial charge in [0.15, 0.2) is 0 Å². The molecule has 1 fully saturated rings. The van der Waals surface area contributed by atoms with Crippen LogP contribution < -0.4 is 5.32 Å². The number of anilines is 1. The molecule has 1 N–H and O–H groups in total. The zero-order valence-electron chi connectivity index (χ0n) is 15.9. The summed E-state index contributed by atoms with van der Waals surface area (Å²) in [6, 6.07) is 12.3. The zero-order chi connectivity index (χ0) is 21.1. The lowest BCUT2D eigenvalue weighted by molar-refractivity contribution is -0.121. The molecule has 1 aliphatic heterocycles. The number of aromatic nitrogens is 2. The number of hydrogen-bond acceptors (Lipinski definition) is 5. The highest BCUT2D eigenvalue weighted by Gasteiger charge is 2.27. The SMILES string of the molecule is O=C(Nc1ccc(Br)cc1F)C1CCCN(Cc2nc(-c3cccc(Br)c3)no2)C1. The van der Waals surface area contributed by atoms with Gasteiger partial charge >= 0.3 is 0 Å². The number of piperidine rings is 1. The van der Waals surface area contributed by atoms with E-state index in [-0.39, 0.29) is 17.5 Å². The largest absolute Gasteiger partial charge is 0.338 e. The summed E-state index contributed by atoms with van der Waals surface area (Å²) < 4.78 is 21.0. The summed E-state index contributed by atoms with van der Waals surface area (Å²) in [5.74, 6) is 0.167. The standard InChI is InChI=1S/C21H19Br2FN4O2/c22-15-5-1-3-13(9-15)20-26-19(30-27-20)12-28-8-2-4-14(11-28)21(29)25-18-7-6-16(23)10-17(18)24/h1,3,5-7,9-10,14H,2,4,8,11-12H2,(H,25,29). The van der Waals surface area contributed by atoms with Crippen LogP contribution in [0, 0.1) is 11.7 Å². The van der Waals surface area contributed by atoms with Crippen molar-refractivity contribution in [3.05, 3.63) is 63.1 Å². The van der Waals surface area contributed by atoms with Crippen LogP contribution in [0.3, 0.4) is 0 Å². The van der Waals surface area contributed by atoms with Crippen LogP contribution in [0.4, 0.5) is 10.1 Å². The maximum absolute atomic E-state index is 14.0. The van der Waals surface area contributed by atoms with E-state index in [1.54, 1.807) is 12.1 Å². The van der Waals surface area contributed by atoms with E-state index < -0.39 is 5.82 Å². The third kappa shape index (κ3) is 5.14. The van der Waals surface area contributed by atoms with Gasteiger partial charge in [0.1, 0.15) is 5.82 Å². The summed E-state index contributed by atoms with van der Waals surface area (Å²) in [7, 11) is 0. The lowest BCUT2D eigenvalue weighted by atomic mass is 9.97. The van der Waals surface area contributed by atoms with Crippen LogP contribution in [0.1, 0.15) is 18.7 Å². The van der Waals surface area contributed by atoms with Crippen molar-refractivity contribution >= 4 is 43.5 Å². The van der Waals surface area contributed by atoms with E-state index in [2.05, 4.69) is 52.2 Å². The molecular weight excluding hydrogens is 519 g/mol. The Hall–Kier alpha value is -2.10. The average molecular weight is 538 g/mol. The number of likely N-dealkylation sites (tertiary alicyclic amines) is 1. The molecule has 9 heteroatoms. The predicted molar refractivity (Wildman–Crippen MR) is 118 cm³/mol. The van der Waals surface area contributed by atoms with Crippen LogP contribution in [-0.4, -0.2) is 34.0 Å². The molecule has 156 valence electrons. The number of halogens is 3. The van der Waals surface area contributed by atoms with Crippen LogP contribution in [0.15, 0.2) is 55.9 Å². The van der Waals surface area contributed by atoms with E-state index in [9.17, 15) is 9.18 Å². The molecule has 0 radical (unpaired) electrons. The molecule has 0 saturated carbocycles. The van der Waals surface area contributed by atoms with Gasteiger partial charge in [-0.2, -0.15) is 4.98 Å². The quantitative estimate of drug-likeness (QED) is 0.481. The Kier molecular flexibility index (Phi) is 6.60. The molecule has 1 aromatic heterocycles. The number of nitrogens with one attached hydrogen (secondary N) is 1. The first-order chi connectivity index (χ1) is 14.5. The minimum atomic E-state index is -0.462. The molecule has 2 aromatic carbocycles. The first-order valence-corrected chi connectivity index (χ1v) is 11.1. The summed E-state index contributed by atoms with van der Waals surface area (Å²) in [6.45, 7) is 1.86. The minimum Gasteiger partial charge on any atom is -0.338 e. The number of carbonyl (C=O) groups is 1. The van der Waals surface area contributed by atoms with Crippen LogP contribution in [0.2, 0.25) is 0 Å². The molecule has 1 unspecified atom stereocenters. The van der Waals surface area contributed by atoms with Crippen molar-refractivity contribution in [2.45, 2.75) is 19.4 Å². The predicted octanol–water partition coefficient (Wildman–Crippen LogP) is 5.25. The Labute approximate surface area is 190 Å². The van der Waals surface area contributed by atoms with Gasteiger partial charge in [-0.1, -0.05) is 49.1 Å². The molecule has 0 aliphatic carbocycles. The Morgan fingerprint density at radius 2 is 2.07 bits per heavy atom. The van der Waals surface area contributed by atoms with E-state index in [0.29, 0.717) is 29.3 Å². The Morgan fingerprint density at radius 3 is 2.87 bits per heavy atom. The van der Waals surface area contributed by atoms with Crippen molar-refractivity contribution in [3.8, 4) is 11.4 Å². The summed E-state index contributed by atoms with van der Waals surface area (Å²) in [6.07, 6.45) is 1.63. The fraction of sp³-hybridized carbons (Fsp3) is 0.286. The molecule has 1 aliphatic rings.